The number of aliphatic hydroxyl groups is 2. The molecule has 0 spiro atoms. The van der Waals surface area contributed by atoms with Gasteiger partial charge in [0.15, 0.2) is 0 Å². The summed E-state index contributed by atoms with van der Waals surface area (Å²) in [5.74, 6) is 0. The van der Waals surface area contributed by atoms with Crippen LogP contribution in [-0.2, 0) is 26.2 Å². The van der Waals surface area contributed by atoms with Crippen molar-refractivity contribution in [3.63, 3.8) is 0 Å². The van der Waals surface area contributed by atoms with Crippen molar-refractivity contribution in [1.29, 1.82) is 0 Å². The van der Waals surface area contributed by atoms with Crippen LogP contribution in [0.1, 0.15) is 20.3 Å². The SMILES string of the molecule is CCO.CCO.[C-]1=CC=CC1.[Zr+3].c1ccc([SiH]c2ccccc2)cc1.c1ccc2[cH-]ccc2c1.c1ccc2[cH-]ccc2c1. The fourth-order valence-electron chi connectivity index (χ4n) is 3.77. The molecule has 0 aromatic heterocycles. The van der Waals surface area contributed by atoms with Crippen LogP contribution in [0.5, 0.6) is 0 Å². The second kappa shape index (κ2) is 25.1. The summed E-state index contributed by atoms with van der Waals surface area (Å²) < 4.78 is 0. The van der Waals surface area contributed by atoms with Gasteiger partial charge in [0.1, 0.15) is 9.52 Å². The zero-order chi connectivity index (χ0) is 30.1. The van der Waals surface area contributed by atoms with Crippen molar-refractivity contribution in [3.8, 4) is 0 Å². The molecule has 0 fully saturated rings. The molecule has 0 saturated heterocycles. The van der Waals surface area contributed by atoms with Crippen LogP contribution >= 0.6 is 0 Å². The van der Waals surface area contributed by atoms with Gasteiger partial charge in [-0.05, 0) is 13.8 Å². The van der Waals surface area contributed by atoms with Gasteiger partial charge in [0.2, 0.25) is 0 Å². The maximum Gasteiger partial charge on any atom is 3.00 e. The number of allylic oxidation sites excluding steroid dienone is 4. The second-order valence-electron chi connectivity index (χ2n) is 8.91. The summed E-state index contributed by atoms with van der Waals surface area (Å²) in [5, 5.41) is 23.4. The van der Waals surface area contributed by atoms with Crippen molar-refractivity contribution >= 4 is 41.4 Å². The van der Waals surface area contributed by atoms with E-state index in [2.05, 4.69) is 158 Å². The Morgan fingerprint density at radius 3 is 1.33 bits per heavy atom. The monoisotopic (exact) mass is 660 g/mol. The van der Waals surface area contributed by atoms with E-state index >= 15 is 0 Å². The van der Waals surface area contributed by atoms with E-state index < -0.39 is 0 Å². The fourth-order valence-corrected chi connectivity index (χ4v) is 4.99. The van der Waals surface area contributed by atoms with Crippen LogP contribution in [0.4, 0.5) is 0 Å². The van der Waals surface area contributed by atoms with E-state index in [0.717, 1.165) is 6.42 Å². The van der Waals surface area contributed by atoms with E-state index in [-0.39, 0.29) is 48.9 Å². The number of fused-ring (bicyclic) bond motifs is 2. The topological polar surface area (TPSA) is 40.5 Å². The summed E-state index contributed by atoms with van der Waals surface area (Å²) in [6.07, 6.45) is 10.0. The molecule has 7 rings (SSSR count). The third-order valence-electron chi connectivity index (χ3n) is 5.61. The Labute approximate surface area is 279 Å². The molecule has 2 radical (unpaired) electrons. The van der Waals surface area contributed by atoms with Crippen molar-refractivity contribution in [2.45, 2.75) is 20.3 Å². The van der Waals surface area contributed by atoms with Crippen molar-refractivity contribution in [2.75, 3.05) is 13.2 Å². The molecule has 1 aliphatic rings. The van der Waals surface area contributed by atoms with E-state index in [0.29, 0.717) is 0 Å². The van der Waals surface area contributed by atoms with Gasteiger partial charge in [0.05, 0.1) is 0 Å². The molecular formula is C39H42O2SiZr. The number of hydrogen-bond donors (Lipinski definition) is 2. The molecule has 2 N–H and O–H groups in total. The van der Waals surface area contributed by atoms with Crippen LogP contribution in [0.3, 0.4) is 0 Å². The van der Waals surface area contributed by atoms with Gasteiger partial charge in [-0.25, -0.2) is 12.2 Å². The molecule has 0 bridgehead atoms. The molecule has 2 nitrogen and oxygen atoms in total. The molecule has 218 valence electrons. The molecule has 6 aromatic carbocycles. The molecule has 0 amide bonds. The average molecular weight is 662 g/mol. The minimum absolute atomic E-state index is 0. The first-order chi connectivity index (χ1) is 20.7. The summed E-state index contributed by atoms with van der Waals surface area (Å²) in [6, 6.07) is 50.7. The molecule has 43 heavy (non-hydrogen) atoms. The molecule has 0 heterocycles. The van der Waals surface area contributed by atoms with Gasteiger partial charge in [-0.15, -0.1) is 65.7 Å². The number of hydrogen-bond acceptors (Lipinski definition) is 2. The van der Waals surface area contributed by atoms with Crippen LogP contribution in [-0.4, -0.2) is 32.9 Å². The van der Waals surface area contributed by atoms with Gasteiger partial charge >= 0.3 is 26.2 Å². The number of benzene rings is 4. The Morgan fingerprint density at radius 2 is 1.00 bits per heavy atom. The van der Waals surface area contributed by atoms with Crippen molar-refractivity contribution in [2.24, 2.45) is 0 Å². The normalized spacial score (nSPS) is 10.1. The van der Waals surface area contributed by atoms with Crippen molar-refractivity contribution in [3.05, 3.63) is 170 Å². The molecule has 6 aromatic rings. The Balaban J connectivity index is 0.000000277. The number of aliphatic hydroxyl groups excluding tert-OH is 2. The first-order valence-corrected chi connectivity index (χ1v) is 15.5. The molecular weight excluding hydrogens is 620 g/mol. The van der Waals surface area contributed by atoms with E-state index in [1.165, 1.54) is 31.9 Å². The fraction of sp³-hybridized carbons (Fsp3) is 0.128. The molecule has 1 aliphatic carbocycles. The average Bonchev–Trinajstić information content (AvgIpc) is 3.84. The van der Waals surface area contributed by atoms with Crippen LogP contribution in [0, 0.1) is 6.08 Å². The predicted molar refractivity (Wildman–Crippen MR) is 185 cm³/mol. The van der Waals surface area contributed by atoms with Crippen molar-refractivity contribution < 1.29 is 36.4 Å². The molecule has 4 heteroatoms. The van der Waals surface area contributed by atoms with Gasteiger partial charge in [-0.2, -0.15) is 41.1 Å². The van der Waals surface area contributed by atoms with Gasteiger partial charge < -0.3 is 10.2 Å². The summed E-state index contributed by atoms with van der Waals surface area (Å²) >= 11 is 0. The molecule has 0 unspecified atom stereocenters. The third kappa shape index (κ3) is 16.7. The third-order valence-corrected chi connectivity index (χ3v) is 7.05. The Hall–Kier alpha value is -3.40. The predicted octanol–water partition coefficient (Wildman–Crippen LogP) is 7.49. The summed E-state index contributed by atoms with van der Waals surface area (Å²) in [4.78, 5) is 0. The van der Waals surface area contributed by atoms with Crippen LogP contribution in [0.15, 0.2) is 164 Å². The maximum absolute atomic E-state index is 7.57. The smallest absolute Gasteiger partial charge is 0.397 e. The van der Waals surface area contributed by atoms with Crippen LogP contribution in [0.25, 0.3) is 21.5 Å². The summed E-state index contributed by atoms with van der Waals surface area (Å²) in [6.45, 7) is 3.86. The van der Waals surface area contributed by atoms with Gasteiger partial charge in [0, 0.05) is 13.2 Å². The second-order valence-corrected chi connectivity index (χ2v) is 10.5. The Morgan fingerprint density at radius 1 is 0.605 bits per heavy atom. The first-order valence-electron chi connectivity index (χ1n) is 14.3. The minimum atomic E-state index is 0. The van der Waals surface area contributed by atoms with Crippen LogP contribution in [0.2, 0.25) is 0 Å². The zero-order valence-electron chi connectivity index (χ0n) is 25.2. The van der Waals surface area contributed by atoms with E-state index in [9.17, 15) is 0 Å². The quantitative estimate of drug-likeness (QED) is 0.149. The van der Waals surface area contributed by atoms with Crippen LogP contribution < -0.4 is 10.4 Å². The van der Waals surface area contributed by atoms with Gasteiger partial charge in [0.25, 0.3) is 0 Å². The van der Waals surface area contributed by atoms with E-state index in [4.69, 9.17) is 10.2 Å². The molecule has 0 aliphatic heterocycles. The largest absolute Gasteiger partial charge is 3.00 e. The van der Waals surface area contributed by atoms with Gasteiger partial charge in [-0.1, -0.05) is 83.2 Å². The Bertz CT molecular complexity index is 1340. The summed E-state index contributed by atoms with van der Waals surface area (Å²) in [7, 11) is 0.271. The first kappa shape index (κ1) is 37.6. The standard InChI is InChI=1S/C12H11Si.2C9H7.C5H5.2C2H6O.Zr/c1-3-7-11(8-4-1)13-12-9-5-2-6-10-12;2*1-2-5-9-7-3-6-8(9)4-1;1-2-4-5-3-1;2*1-2-3;/h1-10,13H;2*1-7H;1-3H,4H2;2*3H,2H2,1H3;/q;3*-1;;;+3. The van der Waals surface area contributed by atoms with E-state index in [1.54, 1.807) is 13.8 Å². The van der Waals surface area contributed by atoms with E-state index in [1.807, 2.05) is 12.2 Å². The maximum atomic E-state index is 7.57. The number of rotatable bonds is 2. The molecule has 0 atom stereocenters. The summed E-state index contributed by atoms with van der Waals surface area (Å²) in [5.41, 5.74) is 0. The van der Waals surface area contributed by atoms with Gasteiger partial charge in [-0.3, -0.25) is 6.08 Å². The molecule has 0 saturated carbocycles. The minimum Gasteiger partial charge on any atom is -0.397 e. The Kier molecular flexibility index (Phi) is 22.0. The zero-order valence-corrected chi connectivity index (χ0v) is 28.8. The van der Waals surface area contributed by atoms with Crippen molar-refractivity contribution in [1.82, 2.24) is 0 Å².